The number of carbonyl (C=O) groups is 1. The number of hydrogen-bond donors (Lipinski definition) is 1. The zero-order valence-corrected chi connectivity index (χ0v) is 14.4. The molecule has 1 N–H and O–H groups in total. The van der Waals surface area contributed by atoms with Gasteiger partial charge in [-0.25, -0.2) is 9.78 Å². The Kier molecular flexibility index (Phi) is 4.25. The van der Waals surface area contributed by atoms with Gasteiger partial charge in [0.1, 0.15) is 5.82 Å². The van der Waals surface area contributed by atoms with Crippen LogP contribution >= 0.6 is 11.5 Å². The number of nitrogens with one attached hydrogen (secondary N) is 1. The van der Waals surface area contributed by atoms with Gasteiger partial charge in [0.15, 0.2) is 0 Å². The van der Waals surface area contributed by atoms with Crippen molar-refractivity contribution in [1.29, 1.82) is 0 Å². The Balaban J connectivity index is 1.59. The zero-order valence-electron chi connectivity index (χ0n) is 13.6. The number of piperidine rings is 1. The average Bonchev–Trinajstić information content (AvgIpc) is 2.98. The molecular weight excluding hydrogens is 298 g/mol. The smallest absolute Gasteiger partial charge is 0.317 e. The predicted octanol–water partition coefficient (Wildman–Crippen LogP) is 2.22. The number of hydrogen-bond acceptors (Lipinski definition) is 5. The van der Waals surface area contributed by atoms with Crippen molar-refractivity contribution in [3.8, 4) is 0 Å². The Hall–Kier alpha value is -1.37. The summed E-state index contributed by atoms with van der Waals surface area (Å²) in [6, 6.07) is 0.474. The van der Waals surface area contributed by atoms with Crippen LogP contribution in [0.4, 0.5) is 9.93 Å². The van der Waals surface area contributed by atoms with Crippen LogP contribution in [0, 0.1) is 0 Å². The lowest BCUT2D eigenvalue weighted by molar-refractivity contribution is 0.149. The van der Waals surface area contributed by atoms with Crippen LogP contribution in [0.25, 0.3) is 0 Å². The van der Waals surface area contributed by atoms with E-state index in [-0.39, 0.29) is 11.4 Å². The molecule has 2 fully saturated rings. The van der Waals surface area contributed by atoms with Crippen molar-refractivity contribution in [2.75, 3.05) is 31.1 Å². The van der Waals surface area contributed by atoms with Crippen LogP contribution in [0.3, 0.4) is 0 Å². The second kappa shape index (κ2) is 6.02. The quantitative estimate of drug-likeness (QED) is 0.906. The number of carbonyl (C=O) groups excluding carboxylic acids is 1. The van der Waals surface area contributed by atoms with Crippen molar-refractivity contribution in [2.45, 2.75) is 51.5 Å². The molecule has 0 aromatic carbocycles. The van der Waals surface area contributed by atoms with Gasteiger partial charge in [-0.15, -0.1) is 0 Å². The molecule has 0 unspecified atom stereocenters. The number of anilines is 1. The Bertz CT molecular complexity index is 530. The van der Waals surface area contributed by atoms with Gasteiger partial charge in [0.25, 0.3) is 0 Å². The molecule has 1 aromatic rings. The predicted molar refractivity (Wildman–Crippen MR) is 88.6 cm³/mol. The van der Waals surface area contributed by atoms with Crippen LogP contribution in [-0.4, -0.2) is 52.5 Å². The molecule has 3 heterocycles. The van der Waals surface area contributed by atoms with Crippen LogP contribution < -0.4 is 10.2 Å². The van der Waals surface area contributed by atoms with E-state index in [1.165, 1.54) is 11.5 Å². The van der Waals surface area contributed by atoms with Gasteiger partial charge in [-0.3, -0.25) is 0 Å². The monoisotopic (exact) mass is 323 g/mol. The third kappa shape index (κ3) is 3.19. The van der Waals surface area contributed by atoms with Gasteiger partial charge in [-0.2, -0.15) is 4.37 Å². The highest BCUT2D eigenvalue weighted by atomic mass is 32.1. The fourth-order valence-electron chi connectivity index (χ4n) is 3.01. The molecule has 2 aliphatic rings. The Morgan fingerprint density at radius 1 is 1.23 bits per heavy atom. The van der Waals surface area contributed by atoms with Crippen LogP contribution in [0.1, 0.15) is 45.9 Å². The molecule has 0 bridgehead atoms. The van der Waals surface area contributed by atoms with Crippen LogP contribution in [-0.2, 0) is 5.41 Å². The highest BCUT2D eigenvalue weighted by Gasteiger charge is 2.30. The summed E-state index contributed by atoms with van der Waals surface area (Å²) in [6.45, 7) is 10.0. The number of rotatable bonds is 2. The first-order valence-electron chi connectivity index (χ1n) is 8.09. The van der Waals surface area contributed by atoms with Gasteiger partial charge in [0, 0.05) is 49.2 Å². The molecule has 122 valence electrons. The maximum Gasteiger partial charge on any atom is 0.317 e. The fraction of sp³-hybridized carbons (Fsp3) is 0.800. The number of amides is 2. The Morgan fingerprint density at radius 3 is 2.55 bits per heavy atom. The zero-order chi connectivity index (χ0) is 15.7. The first kappa shape index (κ1) is 15.5. The molecule has 0 saturated carbocycles. The molecule has 0 radical (unpaired) electrons. The third-order valence-electron chi connectivity index (χ3n) is 4.37. The van der Waals surface area contributed by atoms with Gasteiger partial charge in [0.2, 0.25) is 5.13 Å². The van der Waals surface area contributed by atoms with E-state index >= 15 is 0 Å². The van der Waals surface area contributed by atoms with Crippen molar-refractivity contribution in [1.82, 2.24) is 19.6 Å². The summed E-state index contributed by atoms with van der Waals surface area (Å²) in [7, 11) is 0. The summed E-state index contributed by atoms with van der Waals surface area (Å²) >= 11 is 1.49. The first-order chi connectivity index (χ1) is 10.4. The molecule has 2 amide bonds. The largest absolute Gasteiger partial charge is 0.347 e. The van der Waals surface area contributed by atoms with Crippen LogP contribution in [0.5, 0.6) is 0 Å². The molecule has 3 rings (SSSR count). The number of urea groups is 1. The second-order valence-electron chi connectivity index (χ2n) is 7.15. The molecule has 22 heavy (non-hydrogen) atoms. The molecule has 6 nitrogen and oxygen atoms in total. The Morgan fingerprint density at radius 2 is 1.95 bits per heavy atom. The van der Waals surface area contributed by atoms with E-state index < -0.39 is 0 Å². The maximum atomic E-state index is 11.9. The highest BCUT2D eigenvalue weighted by Crippen LogP contribution is 2.28. The SMILES string of the molecule is CC(C)(C)c1nsc(N2CCC(N3CCCNC3=O)CC2)n1. The van der Waals surface area contributed by atoms with Crippen molar-refractivity contribution in [2.24, 2.45) is 0 Å². The molecule has 2 aliphatic heterocycles. The maximum absolute atomic E-state index is 11.9. The molecule has 7 heteroatoms. The summed E-state index contributed by atoms with van der Waals surface area (Å²) in [5.74, 6) is 0.921. The topological polar surface area (TPSA) is 61.4 Å². The van der Waals surface area contributed by atoms with Crippen LogP contribution in [0.15, 0.2) is 0 Å². The number of aromatic nitrogens is 2. The van der Waals surface area contributed by atoms with Crippen LogP contribution in [0.2, 0.25) is 0 Å². The summed E-state index contributed by atoms with van der Waals surface area (Å²) in [4.78, 5) is 21.0. The Labute approximate surface area is 136 Å². The summed E-state index contributed by atoms with van der Waals surface area (Å²) < 4.78 is 4.50. The van der Waals surface area contributed by atoms with E-state index in [0.717, 1.165) is 56.4 Å². The summed E-state index contributed by atoms with van der Waals surface area (Å²) in [5, 5.41) is 3.97. The lowest BCUT2D eigenvalue weighted by Crippen LogP contribution is -2.54. The molecule has 1 aromatic heterocycles. The average molecular weight is 323 g/mol. The van der Waals surface area contributed by atoms with Gasteiger partial charge >= 0.3 is 6.03 Å². The van der Waals surface area contributed by atoms with Gasteiger partial charge in [0.05, 0.1) is 0 Å². The van der Waals surface area contributed by atoms with E-state index in [0.29, 0.717) is 6.04 Å². The van der Waals surface area contributed by atoms with E-state index in [4.69, 9.17) is 4.98 Å². The van der Waals surface area contributed by atoms with Crippen molar-refractivity contribution in [3.05, 3.63) is 5.82 Å². The fourth-order valence-corrected chi connectivity index (χ4v) is 3.92. The lowest BCUT2D eigenvalue weighted by Gasteiger charge is -2.40. The van der Waals surface area contributed by atoms with E-state index in [2.05, 4.69) is 35.4 Å². The highest BCUT2D eigenvalue weighted by molar-refractivity contribution is 7.09. The molecule has 0 aliphatic carbocycles. The second-order valence-corrected chi connectivity index (χ2v) is 7.88. The molecule has 0 atom stereocenters. The van der Waals surface area contributed by atoms with Gasteiger partial charge < -0.3 is 15.1 Å². The summed E-state index contributed by atoms with van der Waals surface area (Å²) in [5.41, 5.74) is -0.00103. The normalized spacial score (nSPS) is 21.1. The minimum absolute atomic E-state index is 0.00103. The van der Waals surface area contributed by atoms with Gasteiger partial charge in [-0.1, -0.05) is 20.8 Å². The van der Waals surface area contributed by atoms with E-state index in [1.807, 2.05) is 4.90 Å². The number of nitrogens with zero attached hydrogens (tertiary/aromatic N) is 4. The van der Waals surface area contributed by atoms with Gasteiger partial charge in [-0.05, 0) is 19.3 Å². The standard InChI is InChI=1S/C15H25N5OS/c1-15(2,3)12-17-14(22-18-12)19-9-5-11(6-10-19)20-8-4-7-16-13(20)21/h11H,4-10H2,1-3H3,(H,16,21). The van der Waals surface area contributed by atoms with Crippen molar-refractivity contribution in [3.63, 3.8) is 0 Å². The lowest BCUT2D eigenvalue weighted by atomic mass is 9.96. The van der Waals surface area contributed by atoms with Crippen molar-refractivity contribution < 1.29 is 4.79 Å². The minimum Gasteiger partial charge on any atom is -0.347 e. The molecule has 0 spiro atoms. The summed E-state index contributed by atoms with van der Waals surface area (Å²) in [6.07, 6.45) is 3.08. The third-order valence-corrected chi connectivity index (χ3v) is 5.15. The molecular formula is C15H25N5OS. The molecule has 2 saturated heterocycles. The van der Waals surface area contributed by atoms with E-state index in [9.17, 15) is 4.79 Å². The minimum atomic E-state index is -0.00103. The first-order valence-corrected chi connectivity index (χ1v) is 8.86. The van der Waals surface area contributed by atoms with Crippen molar-refractivity contribution >= 4 is 22.7 Å². The van der Waals surface area contributed by atoms with E-state index in [1.54, 1.807) is 0 Å².